The number of likely N-dealkylation sites (N-methyl/N-ethyl adjacent to an activating group) is 2. The highest BCUT2D eigenvalue weighted by atomic mass is 15.2. The Hall–Kier alpha value is -0.120. The van der Waals surface area contributed by atoms with E-state index in [0.29, 0.717) is 6.04 Å². The Morgan fingerprint density at radius 3 is 2.67 bits per heavy atom. The zero-order chi connectivity index (χ0) is 9.19. The monoisotopic (exact) mass is 171 g/mol. The first-order valence-electron chi connectivity index (χ1n) is 4.79. The molecule has 0 aliphatic carbocycles. The summed E-state index contributed by atoms with van der Waals surface area (Å²) >= 11 is 0. The molecule has 1 rings (SSSR count). The second kappa shape index (κ2) is 3.73. The first kappa shape index (κ1) is 9.96. The molecule has 0 amide bonds. The van der Waals surface area contributed by atoms with Gasteiger partial charge in [0.05, 0.1) is 0 Å². The summed E-state index contributed by atoms with van der Waals surface area (Å²) < 4.78 is 0. The molecule has 2 atom stereocenters. The fourth-order valence-corrected chi connectivity index (χ4v) is 2.14. The van der Waals surface area contributed by atoms with Crippen LogP contribution in [-0.2, 0) is 0 Å². The summed E-state index contributed by atoms with van der Waals surface area (Å²) in [6.07, 6.45) is 1.17. The van der Waals surface area contributed by atoms with Crippen LogP contribution in [-0.4, -0.2) is 43.2 Å². The molecule has 0 aromatic carbocycles. The molecule has 0 aromatic heterocycles. The Morgan fingerprint density at radius 1 is 1.67 bits per heavy atom. The molecule has 0 bridgehead atoms. The van der Waals surface area contributed by atoms with Crippen LogP contribution in [0.4, 0.5) is 0 Å². The molecule has 72 valence electrons. The molecule has 0 saturated carbocycles. The van der Waals surface area contributed by atoms with E-state index in [-0.39, 0.29) is 5.54 Å². The van der Waals surface area contributed by atoms with Crippen LogP contribution in [0.2, 0.25) is 0 Å². The van der Waals surface area contributed by atoms with Crippen molar-refractivity contribution in [3.8, 4) is 0 Å². The van der Waals surface area contributed by atoms with E-state index in [1.165, 1.54) is 6.42 Å². The van der Waals surface area contributed by atoms with Crippen molar-refractivity contribution in [1.29, 1.82) is 0 Å². The van der Waals surface area contributed by atoms with E-state index in [2.05, 4.69) is 31.1 Å². The minimum absolute atomic E-state index is 0.183. The molecular formula is C9H21N3. The van der Waals surface area contributed by atoms with Gasteiger partial charge in [0.1, 0.15) is 0 Å². The molecular weight excluding hydrogens is 150 g/mol. The van der Waals surface area contributed by atoms with Gasteiger partial charge in [0.2, 0.25) is 0 Å². The van der Waals surface area contributed by atoms with Crippen molar-refractivity contribution in [1.82, 2.24) is 10.2 Å². The highest BCUT2D eigenvalue weighted by Gasteiger charge is 2.38. The predicted octanol–water partition coefficient (Wildman–Crippen LogP) is 0.0174. The van der Waals surface area contributed by atoms with Crippen molar-refractivity contribution in [3.05, 3.63) is 0 Å². The topological polar surface area (TPSA) is 41.3 Å². The first-order valence-corrected chi connectivity index (χ1v) is 4.79. The van der Waals surface area contributed by atoms with Crippen LogP contribution < -0.4 is 11.1 Å². The molecule has 1 heterocycles. The van der Waals surface area contributed by atoms with Crippen molar-refractivity contribution in [2.45, 2.75) is 31.8 Å². The van der Waals surface area contributed by atoms with Crippen molar-refractivity contribution < 1.29 is 0 Å². The van der Waals surface area contributed by atoms with Gasteiger partial charge in [-0.3, -0.25) is 0 Å². The molecule has 0 radical (unpaired) electrons. The van der Waals surface area contributed by atoms with Crippen LogP contribution in [0.1, 0.15) is 20.3 Å². The highest BCUT2D eigenvalue weighted by molar-refractivity contribution is 5.00. The van der Waals surface area contributed by atoms with Crippen molar-refractivity contribution in [3.63, 3.8) is 0 Å². The van der Waals surface area contributed by atoms with Crippen molar-refractivity contribution >= 4 is 0 Å². The van der Waals surface area contributed by atoms with Gasteiger partial charge in [0.15, 0.2) is 0 Å². The molecule has 0 spiro atoms. The number of likely N-dealkylation sites (tertiary alicyclic amines) is 1. The summed E-state index contributed by atoms with van der Waals surface area (Å²) in [6, 6.07) is 0.660. The lowest BCUT2D eigenvalue weighted by atomic mass is 9.96. The van der Waals surface area contributed by atoms with Gasteiger partial charge >= 0.3 is 0 Å². The van der Waals surface area contributed by atoms with Crippen LogP contribution in [0.3, 0.4) is 0 Å². The van der Waals surface area contributed by atoms with E-state index in [9.17, 15) is 0 Å². The van der Waals surface area contributed by atoms with Gasteiger partial charge in [-0.05, 0) is 26.9 Å². The summed E-state index contributed by atoms with van der Waals surface area (Å²) in [4.78, 5) is 2.37. The van der Waals surface area contributed by atoms with Gasteiger partial charge in [-0.25, -0.2) is 0 Å². The fourth-order valence-electron chi connectivity index (χ4n) is 2.14. The van der Waals surface area contributed by atoms with E-state index in [1.807, 2.05) is 0 Å². The number of hydrogen-bond donors (Lipinski definition) is 2. The molecule has 2 unspecified atom stereocenters. The van der Waals surface area contributed by atoms with E-state index >= 15 is 0 Å². The van der Waals surface area contributed by atoms with Crippen LogP contribution in [0, 0.1) is 0 Å². The zero-order valence-electron chi connectivity index (χ0n) is 8.43. The summed E-state index contributed by atoms with van der Waals surface area (Å²) in [5, 5.41) is 3.50. The second-order valence-electron chi connectivity index (χ2n) is 3.98. The van der Waals surface area contributed by atoms with Crippen LogP contribution in [0.5, 0.6) is 0 Å². The van der Waals surface area contributed by atoms with Crippen LogP contribution in [0.15, 0.2) is 0 Å². The maximum Gasteiger partial charge on any atom is 0.0447 e. The number of rotatable bonds is 3. The number of nitrogens with two attached hydrogens (primary N) is 1. The quantitative estimate of drug-likeness (QED) is 0.629. The van der Waals surface area contributed by atoms with Gasteiger partial charge in [-0.2, -0.15) is 0 Å². The maximum atomic E-state index is 5.79. The minimum atomic E-state index is 0.183. The van der Waals surface area contributed by atoms with Crippen molar-refractivity contribution in [2.75, 3.05) is 26.7 Å². The summed E-state index contributed by atoms with van der Waals surface area (Å²) in [5.41, 5.74) is 5.97. The number of nitrogens with zero attached hydrogens (tertiary/aromatic N) is 1. The fraction of sp³-hybridized carbons (Fsp3) is 1.00. The summed E-state index contributed by atoms with van der Waals surface area (Å²) in [7, 11) is 2.17. The molecule has 3 heteroatoms. The Morgan fingerprint density at radius 2 is 2.33 bits per heavy atom. The summed E-state index contributed by atoms with van der Waals surface area (Å²) in [6.45, 7) is 7.24. The van der Waals surface area contributed by atoms with E-state index in [4.69, 9.17) is 5.73 Å². The second-order valence-corrected chi connectivity index (χ2v) is 3.98. The smallest absolute Gasteiger partial charge is 0.0447 e. The normalized spacial score (nSPS) is 37.5. The number of hydrogen-bond acceptors (Lipinski definition) is 3. The minimum Gasteiger partial charge on any atom is -0.329 e. The largest absolute Gasteiger partial charge is 0.329 e. The van der Waals surface area contributed by atoms with Gasteiger partial charge in [0, 0.05) is 24.7 Å². The van der Waals surface area contributed by atoms with Crippen LogP contribution in [0.25, 0.3) is 0 Å². The van der Waals surface area contributed by atoms with Gasteiger partial charge in [-0.15, -0.1) is 0 Å². The highest BCUT2D eigenvalue weighted by Crippen LogP contribution is 2.24. The average molecular weight is 171 g/mol. The van der Waals surface area contributed by atoms with Crippen LogP contribution >= 0.6 is 0 Å². The molecule has 1 saturated heterocycles. The molecule has 1 aliphatic heterocycles. The predicted molar refractivity (Wildman–Crippen MR) is 52.2 cm³/mol. The first-order chi connectivity index (χ1) is 5.63. The lowest BCUT2D eigenvalue weighted by Gasteiger charge is -2.28. The molecule has 12 heavy (non-hydrogen) atoms. The average Bonchev–Trinajstić information content (AvgIpc) is 2.30. The SMILES string of the molecule is CCNC1(CN)CC(C)N(C)C1. The lowest BCUT2D eigenvalue weighted by Crippen LogP contribution is -2.52. The van der Waals surface area contributed by atoms with Gasteiger partial charge in [0.25, 0.3) is 0 Å². The van der Waals surface area contributed by atoms with E-state index < -0.39 is 0 Å². The summed E-state index contributed by atoms with van der Waals surface area (Å²) in [5.74, 6) is 0. The van der Waals surface area contributed by atoms with Gasteiger partial charge in [-0.1, -0.05) is 6.92 Å². The third kappa shape index (κ3) is 1.79. The van der Waals surface area contributed by atoms with E-state index in [1.54, 1.807) is 0 Å². The molecule has 0 aromatic rings. The lowest BCUT2D eigenvalue weighted by molar-refractivity contribution is 0.303. The van der Waals surface area contributed by atoms with Crippen molar-refractivity contribution in [2.24, 2.45) is 5.73 Å². The van der Waals surface area contributed by atoms with E-state index in [0.717, 1.165) is 19.6 Å². The molecule has 1 fully saturated rings. The maximum absolute atomic E-state index is 5.79. The number of nitrogens with one attached hydrogen (secondary N) is 1. The third-order valence-electron chi connectivity index (χ3n) is 2.93. The Balaban J connectivity index is 2.58. The molecule has 3 N–H and O–H groups in total. The third-order valence-corrected chi connectivity index (χ3v) is 2.93. The standard InChI is InChI=1S/C9H21N3/c1-4-11-9(6-10)5-8(2)12(3)7-9/h8,11H,4-7,10H2,1-3H3. The Labute approximate surface area is 75.3 Å². The Bertz CT molecular complexity index is 137. The van der Waals surface area contributed by atoms with Gasteiger partial charge < -0.3 is 16.0 Å². The molecule has 3 nitrogen and oxygen atoms in total. The Kier molecular flexibility index (Phi) is 3.09. The molecule has 1 aliphatic rings. The zero-order valence-corrected chi connectivity index (χ0v) is 8.43.